The van der Waals surface area contributed by atoms with Gasteiger partial charge in [0.1, 0.15) is 11.6 Å². The van der Waals surface area contributed by atoms with E-state index in [2.05, 4.69) is 0 Å². The van der Waals surface area contributed by atoms with Gasteiger partial charge >= 0.3 is 0 Å². The first kappa shape index (κ1) is 14.0. The SMILES string of the molecule is CC(=O)c1ccc(Sc2cc(F)ccc2F)c(Cl)c1. The number of Topliss-reactive ketones (excluding diaryl/α,β-unsaturated/α-hetero) is 1. The van der Waals surface area contributed by atoms with Crippen LogP contribution in [0.25, 0.3) is 0 Å². The molecule has 0 bridgehead atoms. The smallest absolute Gasteiger partial charge is 0.159 e. The standard InChI is InChI=1S/C14H9ClF2OS/c1-8(18)9-2-5-13(11(15)6-9)19-14-7-10(16)3-4-12(14)17/h2-7H,1H3. The molecule has 2 aromatic carbocycles. The first-order chi connectivity index (χ1) is 8.97. The minimum Gasteiger partial charge on any atom is -0.295 e. The number of carbonyl (C=O) groups is 1. The third kappa shape index (κ3) is 3.33. The lowest BCUT2D eigenvalue weighted by Crippen LogP contribution is -1.92. The third-order valence-electron chi connectivity index (χ3n) is 2.45. The normalized spacial score (nSPS) is 10.5. The van der Waals surface area contributed by atoms with Crippen LogP contribution < -0.4 is 0 Å². The van der Waals surface area contributed by atoms with E-state index in [0.29, 0.717) is 15.5 Å². The molecular weight excluding hydrogens is 290 g/mol. The maximum atomic E-state index is 13.5. The summed E-state index contributed by atoms with van der Waals surface area (Å²) in [6, 6.07) is 7.97. The second kappa shape index (κ2) is 5.72. The van der Waals surface area contributed by atoms with Crippen molar-refractivity contribution in [2.24, 2.45) is 0 Å². The molecule has 2 rings (SSSR count). The molecule has 2 aromatic rings. The maximum absolute atomic E-state index is 13.5. The summed E-state index contributed by atoms with van der Waals surface area (Å²) in [7, 11) is 0. The number of rotatable bonds is 3. The van der Waals surface area contributed by atoms with Gasteiger partial charge in [0.2, 0.25) is 0 Å². The zero-order valence-corrected chi connectivity index (χ0v) is 11.5. The Morgan fingerprint density at radius 3 is 2.47 bits per heavy atom. The molecule has 0 aromatic heterocycles. The molecule has 0 spiro atoms. The van der Waals surface area contributed by atoms with Crippen molar-refractivity contribution in [2.45, 2.75) is 16.7 Å². The van der Waals surface area contributed by atoms with Crippen molar-refractivity contribution in [1.29, 1.82) is 0 Å². The molecule has 0 aliphatic rings. The average molecular weight is 299 g/mol. The molecule has 0 heterocycles. The summed E-state index contributed by atoms with van der Waals surface area (Å²) >= 11 is 7.04. The molecule has 1 nitrogen and oxygen atoms in total. The third-order valence-corrected chi connectivity index (χ3v) is 3.99. The number of ketones is 1. The van der Waals surface area contributed by atoms with Crippen molar-refractivity contribution in [3.63, 3.8) is 0 Å². The van der Waals surface area contributed by atoms with Crippen LogP contribution in [0.3, 0.4) is 0 Å². The molecule has 0 aliphatic heterocycles. The van der Waals surface area contributed by atoms with Crippen molar-refractivity contribution >= 4 is 29.1 Å². The summed E-state index contributed by atoms with van der Waals surface area (Å²) in [5.74, 6) is -1.13. The summed E-state index contributed by atoms with van der Waals surface area (Å²) in [5, 5.41) is 0.335. The van der Waals surface area contributed by atoms with Gasteiger partial charge in [0, 0.05) is 10.5 Å². The highest BCUT2D eigenvalue weighted by Crippen LogP contribution is 2.35. The van der Waals surface area contributed by atoms with Gasteiger partial charge in [0.05, 0.1) is 9.92 Å². The summed E-state index contributed by atoms with van der Waals surface area (Å²) in [4.78, 5) is 11.9. The van der Waals surface area contributed by atoms with Crippen LogP contribution in [0.1, 0.15) is 17.3 Å². The number of benzene rings is 2. The fourth-order valence-electron chi connectivity index (χ4n) is 1.48. The predicted molar refractivity (Wildman–Crippen MR) is 71.9 cm³/mol. The van der Waals surface area contributed by atoms with Gasteiger partial charge in [-0.15, -0.1) is 0 Å². The van der Waals surface area contributed by atoms with E-state index in [1.54, 1.807) is 12.1 Å². The highest BCUT2D eigenvalue weighted by Gasteiger charge is 2.10. The number of carbonyl (C=O) groups excluding carboxylic acids is 1. The minimum absolute atomic E-state index is 0.101. The fourth-order valence-corrected chi connectivity index (χ4v) is 2.64. The van der Waals surface area contributed by atoms with Gasteiger partial charge < -0.3 is 0 Å². The largest absolute Gasteiger partial charge is 0.295 e. The number of halogens is 3. The van der Waals surface area contributed by atoms with Crippen molar-refractivity contribution in [2.75, 3.05) is 0 Å². The van der Waals surface area contributed by atoms with E-state index < -0.39 is 11.6 Å². The first-order valence-electron chi connectivity index (χ1n) is 5.41. The van der Waals surface area contributed by atoms with E-state index in [0.717, 1.165) is 30.0 Å². The molecule has 5 heteroatoms. The van der Waals surface area contributed by atoms with Gasteiger partial charge in [-0.3, -0.25) is 4.79 Å². The van der Waals surface area contributed by atoms with E-state index in [1.807, 2.05) is 0 Å². The highest BCUT2D eigenvalue weighted by molar-refractivity contribution is 7.99. The van der Waals surface area contributed by atoms with Crippen molar-refractivity contribution in [3.8, 4) is 0 Å². The molecule has 0 fully saturated rings. The van der Waals surface area contributed by atoms with Crippen molar-refractivity contribution in [1.82, 2.24) is 0 Å². The van der Waals surface area contributed by atoms with E-state index >= 15 is 0 Å². The van der Waals surface area contributed by atoms with Crippen LogP contribution in [0.4, 0.5) is 8.78 Å². The van der Waals surface area contributed by atoms with Crippen molar-refractivity contribution < 1.29 is 13.6 Å². The van der Waals surface area contributed by atoms with Crippen LogP contribution in [0.2, 0.25) is 5.02 Å². The van der Waals surface area contributed by atoms with Crippen LogP contribution in [-0.4, -0.2) is 5.78 Å². The van der Waals surface area contributed by atoms with Gasteiger partial charge in [-0.25, -0.2) is 8.78 Å². The molecule has 0 atom stereocenters. The van der Waals surface area contributed by atoms with Gasteiger partial charge in [-0.1, -0.05) is 29.4 Å². The zero-order chi connectivity index (χ0) is 14.0. The lowest BCUT2D eigenvalue weighted by Gasteiger charge is -2.06. The summed E-state index contributed by atoms with van der Waals surface area (Å²) < 4.78 is 26.6. The Morgan fingerprint density at radius 1 is 1.11 bits per heavy atom. The van der Waals surface area contributed by atoms with E-state index in [9.17, 15) is 13.6 Å². The molecular formula is C14H9ClF2OS. The average Bonchev–Trinajstić information content (AvgIpc) is 2.36. The Balaban J connectivity index is 2.33. The maximum Gasteiger partial charge on any atom is 0.159 e. The molecule has 0 radical (unpaired) electrons. The second-order valence-electron chi connectivity index (χ2n) is 3.88. The zero-order valence-electron chi connectivity index (χ0n) is 9.91. The topological polar surface area (TPSA) is 17.1 Å². The monoisotopic (exact) mass is 298 g/mol. The van der Waals surface area contributed by atoms with Gasteiger partial charge in [-0.05, 0) is 37.3 Å². The van der Waals surface area contributed by atoms with Crippen LogP contribution in [0.5, 0.6) is 0 Å². The Bertz CT molecular complexity index is 643. The van der Waals surface area contributed by atoms with Crippen LogP contribution in [-0.2, 0) is 0 Å². The molecule has 0 N–H and O–H groups in total. The lowest BCUT2D eigenvalue weighted by molar-refractivity contribution is 0.101. The first-order valence-corrected chi connectivity index (χ1v) is 6.60. The van der Waals surface area contributed by atoms with Gasteiger partial charge in [0.15, 0.2) is 5.78 Å². The van der Waals surface area contributed by atoms with Crippen molar-refractivity contribution in [3.05, 3.63) is 58.6 Å². The second-order valence-corrected chi connectivity index (χ2v) is 5.37. The predicted octanol–water partition coefficient (Wildman–Crippen LogP) is 4.97. The molecule has 19 heavy (non-hydrogen) atoms. The Hall–Kier alpha value is -1.39. The summed E-state index contributed by atoms with van der Waals surface area (Å²) in [6.45, 7) is 1.44. The number of hydrogen-bond acceptors (Lipinski definition) is 2. The highest BCUT2D eigenvalue weighted by atomic mass is 35.5. The molecule has 0 unspecified atom stereocenters. The van der Waals surface area contributed by atoms with Crippen LogP contribution >= 0.6 is 23.4 Å². The summed E-state index contributed by atoms with van der Waals surface area (Å²) in [6.07, 6.45) is 0. The van der Waals surface area contributed by atoms with E-state index in [1.165, 1.54) is 13.0 Å². The quantitative estimate of drug-likeness (QED) is 0.744. The van der Waals surface area contributed by atoms with E-state index in [4.69, 9.17) is 11.6 Å². The molecule has 98 valence electrons. The van der Waals surface area contributed by atoms with Gasteiger partial charge in [0.25, 0.3) is 0 Å². The summed E-state index contributed by atoms with van der Waals surface area (Å²) in [5.41, 5.74) is 0.481. The molecule has 0 saturated carbocycles. The minimum atomic E-state index is -0.516. The fraction of sp³-hybridized carbons (Fsp3) is 0.0714. The Kier molecular flexibility index (Phi) is 4.22. The lowest BCUT2D eigenvalue weighted by atomic mass is 10.1. The van der Waals surface area contributed by atoms with E-state index in [-0.39, 0.29) is 10.7 Å². The molecule has 0 saturated heterocycles. The molecule has 0 amide bonds. The van der Waals surface area contributed by atoms with Crippen LogP contribution in [0.15, 0.2) is 46.2 Å². The molecule has 0 aliphatic carbocycles. The van der Waals surface area contributed by atoms with Gasteiger partial charge in [-0.2, -0.15) is 0 Å². The Morgan fingerprint density at radius 2 is 1.84 bits per heavy atom. The Labute approximate surface area is 118 Å². The van der Waals surface area contributed by atoms with Crippen LogP contribution in [0, 0.1) is 11.6 Å². The number of hydrogen-bond donors (Lipinski definition) is 0.